The maximum Gasteiger partial charge on any atom is 0.416 e. The Kier molecular flexibility index (Phi) is 5.22. The summed E-state index contributed by atoms with van der Waals surface area (Å²) in [6.07, 6.45) is 0.220. The average molecular weight is 458 g/mol. The Morgan fingerprint density at radius 1 is 1.03 bits per heavy atom. The molecule has 0 radical (unpaired) electrons. The number of pyridine rings is 1. The Balaban J connectivity index is 1.40. The van der Waals surface area contributed by atoms with Gasteiger partial charge in [-0.15, -0.1) is 0 Å². The topological polar surface area (TPSA) is 68.2 Å². The Morgan fingerprint density at radius 2 is 1.82 bits per heavy atom. The van der Waals surface area contributed by atoms with Gasteiger partial charge in [-0.3, -0.25) is 4.79 Å². The van der Waals surface area contributed by atoms with Crippen LogP contribution in [0.2, 0.25) is 0 Å². The van der Waals surface area contributed by atoms with E-state index in [0.29, 0.717) is 19.4 Å². The molecule has 3 atom stereocenters. The van der Waals surface area contributed by atoms with Gasteiger partial charge in [0.1, 0.15) is 11.9 Å². The van der Waals surface area contributed by atoms with Crippen molar-refractivity contribution in [2.45, 2.75) is 31.2 Å². The van der Waals surface area contributed by atoms with Crippen LogP contribution in [0.25, 0.3) is 11.4 Å². The van der Waals surface area contributed by atoms with E-state index in [1.807, 2.05) is 0 Å². The highest BCUT2D eigenvalue weighted by atomic mass is 19.4. The number of nitrogens with zero attached hydrogens (tertiary/aromatic N) is 4. The fourth-order valence-corrected chi connectivity index (χ4v) is 4.64. The number of alkyl halides is 3. The van der Waals surface area contributed by atoms with Crippen molar-refractivity contribution in [1.29, 1.82) is 0 Å². The van der Waals surface area contributed by atoms with Crippen LogP contribution in [0.15, 0.2) is 55.0 Å². The van der Waals surface area contributed by atoms with Crippen molar-refractivity contribution in [2.24, 2.45) is 5.92 Å². The number of fused-ring (bicyclic) bond motifs is 2. The van der Waals surface area contributed by atoms with E-state index >= 15 is 0 Å². The van der Waals surface area contributed by atoms with Crippen LogP contribution in [0.1, 0.15) is 28.8 Å². The summed E-state index contributed by atoms with van der Waals surface area (Å²) in [6.45, 7) is 0.463. The Bertz CT molecular complexity index is 1190. The van der Waals surface area contributed by atoms with Crippen LogP contribution in [-0.4, -0.2) is 44.4 Å². The molecule has 6 nitrogen and oxygen atoms in total. The van der Waals surface area contributed by atoms with Crippen LogP contribution in [0.4, 0.5) is 17.6 Å². The second-order valence-electron chi connectivity index (χ2n) is 8.13. The van der Waals surface area contributed by atoms with Gasteiger partial charge in [0.25, 0.3) is 5.91 Å². The molecule has 33 heavy (non-hydrogen) atoms. The number of benzene rings is 1. The van der Waals surface area contributed by atoms with Gasteiger partial charge in [0.2, 0.25) is 5.88 Å². The highest BCUT2D eigenvalue weighted by Crippen LogP contribution is 2.41. The molecule has 1 aliphatic carbocycles. The molecule has 2 fully saturated rings. The van der Waals surface area contributed by atoms with Crippen LogP contribution in [0, 0.1) is 11.7 Å². The largest absolute Gasteiger partial charge is 0.472 e. The molecule has 170 valence electrons. The summed E-state index contributed by atoms with van der Waals surface area (Å²) in [6, 6.07) is 7.18. The quantitative estimate of drug-likeness (QED) is 0.543. The molecule has 2 aromatic heterocycles. The molecule has 2 bridgehead atoms. The van der Waals surface area contributed by atoms with E-state index in [2.05, 4.69) is 15.0 Å². The van der Waals surface area contributed by atoms with Gasteiger partial charge in [0.15, 0.2) is 5.82 Å². The number of likely N-dealkylation sites (tertiary alicyclic amines) is 1. The van der Waals surface area contributed by atoms with Crippen LogP contribution < -0.4 is 4.74 Å². The van der Waals surface area contributed by atoms with Gasteiger partial charge in [-0.25, -0.2) is 19.3 Å². The molecule has 3 heterocycles. The van der Waals surface area contributed by atoms with Crippen LogP contribution in [-0.2, 0) is 6.18 Å². The minimum Gasteiger partial charge on any atom is -0.472 e. The molecule has 3 unspecified atom stereocenters. The molecule has 1 saturated heterocycles. The summed E-state index contributed by atoms with van der Waals surface area (Å²) >= 11 is 0. The Hall–Kier alpha value is -3.56. The SMILES string of the molecule is O=C(c1cccc(F)c1-c1ncccn1)N1CC2CC(Oc3cc(C(F)(F)F)ccn3)C1C2. The smallest absolute Gasteiger partial charge is 0.416 e. The van der Waals surface area contributed by atoms with Crippen molar-refractivity contribution in [1.82, 2.24) is 19.9 Å². The summed E-state index contributed by atoms with van der Waals surface area (Å²) in [5.74, 6) is -0.907. The summed E-state index contributed by atoms with van der Waals surface area (Å²) in [5.41, 5.74) is -0.705. The number of aromatic nitrogens is 3. The molecular weight excluding hydrogens is 440 g/mol. The first kappa shape index (κ1) is 21.3. The maximum atomic E-state index is 14.7. The van der Waals surface area contributed by atoms with Gasteiger partial charge in [0.05, 0.1) is 22.7 Å². The second-order valence-corrected chi connectivity index (χ2v) is 8.13. The Labute approximate surface area is 186 Å². The van der Waals surface area contributed by atoms with E-state index < -0.39 is 29.6 Å². The Morgan fingerprint density at radius 3 is 2.55 bits per heavy atom. The molecule has 1 amide bonds. The summed E-state index contributed by atoms with van der Waals surface area (Å²) < 4.78 is 59.6. The van der Waals surface area contributed by atoms with Crippen molar-refractivity contribution in [3.05, 3.63) is 71.9 Å². The predicted octanol–water partition coefficient (Wildman–Crippen LogP) is 4.38. The lowest BCUT2D eigenvalue weighted by molar-refractivity contribution is -0.137. The van der Waals surface area contributed by atoms with E-state index in [-0.39, 0.29) is 34.8 Å². The van der Waals surface area contributed by atoms with Crippen LogP contribution >= 0.6 is 0 Å². The van der Waals surface area contributed by atoms with Crippen molar-refractivity contribution in [3.63, 3.8) is 0 Å². The molecule has 1 aliphatic heterocycles. The zero-order valence-corrected chi connectivity index (χ0v) is 17.2. The third kappa shape index (κ3) is 4.01. The van der Waals surface area contributed by atoms with E-state index in [1.165, 1.54) is 30.6 Å². The van der Waals surface area contributed by atoms with Gasteiger partial charge in [-0.1, -0.05) is 6.07 Å². The lowest BCUT2D eigenvalue weighted by Crippen LogP contribution is -2.47. The third-order valence-corrected chi connectivity index (χ3v) is 6.05. The van der Waals surface area contributed by atoms with Gasteiger partial charge in [0, 0.05) is 31.2 Å². The fourth-order valence-electron chi connectivity index (χ4n) is 4.64. The van der Waals surface area contributed by atoms with Gasteiger partial charge in [-0.05, 0) is 43.0 Å². The molecule has 0 N–H and O–H groups in total. The van der Waals surface area contributed by atoms with E-state index in [9.17, 15) is 22.4 Å². The minimum absolute atomic E-state index is 0.0166. The first-order valence-electron chi connectivity index (χ1n) is 10.4. The fraction of sp³-hybridized carbons (Fsp3) is 0.304. The number of carbonyl (C=O) groups excluding carboxylic acids is 1. The minimum atomic E-state index is -4.51. The number of ether oxygens (including phenoxy) is 1. The standard InChI is InChI=1S/C23H18F4N4O2/c24-16-4-1-3-15(20(16)21-29-6-2-7-30-21)22(32)31-12-13-9-17(31)18(10-13)33-19-11-14(5-8-28-19)23(25,26)27/h1-8,11,13,17-18H,9-10,12H2. The summed E-state index contributed by atoms with van der Waals surface area (Å²) in [5, 5.41) is 0. The van der Waals surface area contributed by atoms with Crippen LogP contribution in [0.3, 0.4) is 0 Å². The van der Waals surface area contributed by atoms with E-state index in [4.69, 9.17) is 4.74 Å². The molecule has 10 heteroatoms. The summed E-state index contributed by atoms with van der Waals surface area (Å²) in [7, 11) is 0. The monoisotopic (exact) mass is 458 g/mol. The molecule has 1 saturated carbocycles. The van der Waals surface area contributed by atoms with Crippen molar-refractivity contribution >= 4 is 5.91 Å². The number of rotatable bonds is 4. The summed E-state index contributed by atoms with van der Waals surface area (Å²) in [4.78, 5) is 27.1. The number of hydrogen-bond donors (Lipinski definition) is 0. The number of hydrogen-bond acceptors (Lipinski definition) is 5. The first-order valence-corrected chi connectivity index (χ1v) is 10.4. The van der Waals surface area contributed by atoms with Crippen molar-refractivity contribution in [2.75, 3.05) is 6.54 Å². The highest BCUT2D eigenvalue weighted by Gasteiger charge is 2.49. The number of halogens is 4. The zero-order valence-electron chi connectivity index (χ0n) is 17.2. The number of amides is 1. The molecule has 0 spiro atoms. The molecule has 3 aromatic rings. The van der Waals surface area contributed by atoms with E-state index in [1.54, 1.807) is 11.0 Å². The van der Waals surface area contributed by atoms with Gasteiger partial charge >= 0.3 is 6.18 Å². The molecular formula is C23H18F4N4O2. The lowest BCUT2D eigenvalue weighted by atomic mass is 10.0. The highest BCUT2D eigenvalue weighted by molar-refractivity contribution is 6.00. The van der Waals surface area contributed by atoms with E-state index in [0.717, 1.165) is 18.3 Å². The maximum absolute atomic E-state index is 14.7. The lowest BCUT2D eigenvalue weighted by Gasteiger charge is -2.33. The first-order chi connectivity index (χ1) is 15.8. The van der Waals surface area contributed by atoms with Crippen molar-refractivity contribution < 1.29 is 27.1 Å². The van der Waals surface area contributed by atoms with Crippen LogP contribution in [0.5, 0.6) is 5.88 Å². The van der Waals surface area contributed by atoms with Gasteiger partial charge in [-0.2, -0.15) is 13.2 Å². The molecule has 5 rings (SSSR count). The van der Waals surface area contributed by atoms with Gasteiger partial charge < -0.3 is 9.64 Å². The third-order valence-electron chi connectivity index (χ3n) is 6.05. The zero-order chi connectivity index (χ0) is 23.2. The predicted molar refractivity (Wildman–Crippen MR) is 109 cm³/mol. The second kappa shape index (κ2) is 8.09. The average Bonchev–Trinajstić information content (AvgIpc) is 3.39. The number of carbonyl (C=O) groups is 1. The molecule has 2 aliphatic rings. The molecule has 1 aromatic carbocycles. The van der Waals surface area contributed by atoms with Crippen molar-refractivity contribution in [3.8, 4) is 17.3 Å². The number of piperidine rings is 1. The normalized spacial score (nSPS) is 21.9.